The Morgan fingerprint density at radius 1 is 1.27 bits per heavy atom. The summed E-state index contributed by atoms with van der Waals surface area (Å²) < 4.78 is 42.0. The van der Waals surface area contributed by atoms with Gasteiger partial charge in [-0.3, -0.25) is 9.79 Å². The molecule has 0 saturated heterocycles. The predicted molar refractivity (Wildman–Crippen MR) is 106 cm³/mol. The number of thiazole rings is 1. The van der Waals surface area contributed by atoms with Crippen LogP contribution in [0.4, 0.5) is 13.2 Å². The number of esters is 1. The molecule has 1 aromatic heterocycles. The molecule has 1 aromatic rings. The van der Waals surface area contributed by atoms with Crippen LogP contribution < -0.4 is 10.6 Å². The number of carbonyl (C=O) groups excluding carboxylic acids is 1. The lowest BCUT2D eigenvalue weighted by molar-refractivity contribution is -0.141. The predicted octanol–water partition coefficient (Wildman–Crippen LogP) is 3.57. The molecule has 2 N–H and O–H groups in total. The number of guanidine groups is 1. The molecule has 0 saturated carbocycles. The first kappa shape index (κ1) is 24.9. The minimum absolute atomic E-state index is 0. The van der Waals surface area contributed by atoms with Gasteiger partial charge in [-0.05, 0) is 12.8 Å². The third-order valence-corrected chi connectivity index (χ3v) is 4.15. The summed E-state index contributed by atoms with van der Waals surface area (Å²) in [5.74, 6) is 0.317. The van der Waals surface area contributed by atoms with Gasteiger partial charge in [0.05, 0.1) is 13.7 Å². The number of aromatic nitrogens is 1. The largest absolute Gasteiger partial charge is 0.469 e. The number of aliphatic imine (C=N–C) groups is 1. The second-order valence-electron chi connectivity index (χ2n) is 5.22. The van der Waals surface area contributed by atoms with Gasteiger partial charge in [-0.1, -0.05) is 12.8 Å². The van der Waals surface area contributed by atoms with Crippen molar-refractivity contribution in [1.82, 2.24) is 15.6 Å². The fourth-order valence-electron chi connectivity index (χ4n) is 1.96. The number of nitrogens with one attached hydrogen (secondary N) is 2. The Morgan fingerprint density at radius 2 is 1.96 bits per heavy atom. The highest BCUT2D eigenvalue weighted by molar-refractivity contribution is 14.0. The number of nitrogens with zero attached hydrogens (tertiary/aromatic N) is 2. The number of ether oxygens (including phenoxy) is 1. The molecule has 0 fully saturated rings. The number of carbonyl (C=O) groups is 1. The fraction of sp³-hybridized carbons (Fsp3) is 0.667. The Morgan fingerprint density at radius 3 is 2.54 bits per heavy atom. The quantitative estimate of drug-likeness (QED) is 0.176. The second kappa shape index (κ2) is 13.1. The van der Waals surface area contributed by atoms with E-state index in [4.69, 9.17) is 0 Å². The Labute approximate surface area is 172 Å². The number of hydrogen-bond donors (Lipinski definition) is 2. The zero-order valence-electron chi connectivity index (χ0n) is 14.7. The van der Waals surface area contributed by atoms with Gasteiger partial charge < -0.3 is 15.4 Å². The molecule has 0 aromatic carbocycles. The summed E-state index contributed by atoms with van der Waals surface area (Å²) in [7, 11) is 2.97. The number of hydrogen-bond acceptors (Lipinski definition) is 5. The van der Waals surface area contributed by atoms with E-state index in [-0.39, 0.29) is 36.5 Å². The topological polar surface area (TPSA) is 75.6 Å². The molecule has 1 heterocycles. The average molecular weight is 508 g/mol. The van der Waals surface area contributed by atoms with Crippen LogP contribution in [0, 0.1) is 0 Å². The molecule has 0 aliphatic rings. The number of unbranched alkanes of at least 4 members (excludes halogenated alkanes) is 3. The zero-order chi connectivity index (χ0) is 18.7. The first-order valence-corrected chi connectivity index (χ1v) is 8.77. The maximum absolute atomic E-state index is 12.5. The third kappa shape index (κ3) is 10.1. The van der Waals surface area contributed by atoms with Crippen molar-refractivity contribution in [3.63, 3.8) is 0 Å². The van der Waals surface area contributed by atoms with E-state index < -0.39 is 11.9 Å². The Hall–Kier alpha value is -1.11. The second-order valence-corrected chi connectivity index (χ2v) is 6.16. The molecule has 26 heavy (non-hydrogen) atoms. The van der Waals surface area contributed by atoms with Crippen LogP contribution in [0.3, 0.4) is 0 Å². The number of rotatable bonds is 9. The highest BCUT2D eigenvalue weighted by Crippen LogP contribution is 2.29. The summed E-state index contributed by atoms with van der Waals surface area (Å²) in [4.78, 5) is 18.5. The summed E-state index contributed by atoms with van der Waals surface area (Å²) in [6, 6.07) is 0. The lowest BCUT2D eigenvalue weighted by Crippen LogP contribution is -2.37. The van der Waals surface area contributed by atoms with Crippen molar-refractivity contribution in [2.75, 3.05) is 20.7 Å². The van der Waals surface area contributed by atoms with Crippen LogP contribution in [0.1, 0.15) is 42.8 Å². The highest BCUT2D eigenvalue weighted by atomic mass is 127. The normalized spacial score (nSPS) is 11.7. The minimum Gasteiger partial charge on any atom is -0.469 e. The maximum Gasteiger partial charge on any atom is 0.434 e. The van der Waals surface area contributed by atoms with Crippen molar-refractivity contribution in [2.24, 2.45) is 4.99 Å². The van der Waals surface area contributed by atoms with Crippen molar-refractivity contribution in [3.05, 3.63) is 16.1 Å². The number of halogens is 4. The van der Waals surface area contributed by atoms with Crippen molar-refractivity contribution in [2.45, 2.75) is 44.8 Å². The maximum atomic E-state index is 12.5. The van der Waals surface area contributed by atoms with Crippen LogP contribution in [0.15, 0.2) is 10.4 Å². The average Bonchev–Trinajstić information content (AvgIpc) is 3.05. The van der Waals surface area contributed by atoms with Gasteiger partial charge in [0.15, 0.2) is 11.7 Å². The molecule has 150 valence electrons. The summed E-state index contributed by atoms with van der Waals surface area (Å²) in [5.41, 5.74) is -0.871. The van der Waals surface area contributed by atoms with Crippen LogP contribution >= 0.6 is 35.3 Å². The van der Waals surface area contributed by atoms with Gasteiger partial charge in [-0.2, -0.15) is 13.2 Å². The molecule has 1 rings (SSSR count). The van der Waals surface area contributed by atoms with Crippen molar-refractivity contribution < 1.29 is 22.7 Å². The van der Waals surface area contributed by atoms with Crippen LogP contribution in [-0.2, 0) is 22.3 Å². The summed E-state index contributed by atoms with van der Waals surface area (Å²) >= 11 is 0.956. The van der Waals surface area contributed by atoms with E-state index in [1.807, 2.05) is 0 Å². The lowest BCUT2D eigenvalue weighted by atomic mass is 10.1. The first-order valence-electron chi connectivity index (χ1n) is 7.89. The SMILES string of the molecule is CN=C(NCCCCCCC(=O)OC)NCc1nc(C(F)(F)F)cs1.I. The molecule has 0 radical (unpaired) electrons. The van der Waals surface area contributed by atoms with Gasteiger partial charge in [0.1, 0.15) is 5.01 Å². The van der Waals surface area contributed by atoms with E-state index in [2.05, 4.69) is 25.3 Å². The van der Waals surface area contributed by atoms with Gasteiger partial charge >= 0.3 is 12.1 Å². The molecule has 0 aliphatic heterocycles. The molecule has 0 spiro atoms. The smallest absolute Gasteiger partial charge is 0.434 e. The minimum atomic E-state index is -4.41. The highest BCUT2D eigenvalue weighted by Gasteiger charge is 2.33. The Bertz CT molecular complexity index is 567. The van der Waals surface area contributed by atoms with E-state index in [1.54, 1.807) is 7.05 Å². The molecule has 0 atom stereocenters. The Balaban J connectivity index is 0.00000625. The number of methoxy groups -OCH3 is 1. The summed E-state index contributed by atoms with van der Waals surface area (Å²) in [6.07, 6.45) is -0.392. The lowest BCUT2D eigenvalue weighted by Gasteiger charge is -2.10. The summed E-state index contributed by atoms with van der Waals surface area (Å²) in [5, 5.41) is 7.37. The first-order chi connectivity index (χ1) is 11.9. The third-order valence-electron chi connectivity index (χ3n) is 3.30. The van der Waals surface area contributed by atoms with Gasteiger partial charge in [-0.15, -0.1) is 35.3 Å². The van der Waals surface area contributed by atoms with Gasteiger partial charge in [0.25, 0.3) is 0 Å². The molecule has 0 aliphatic carbocycles. The zero-order valence-corrected chi connectivity index (χ0v) is 17.8. The van der Waals surface area contributed by atoms with Crippen molar-refractivity contribution >= 4 is 47.2 Å². The standard InChI is InChI=1S/C15H23F3N4O2S.HI/c1-19-14(20-8-6-4-3-5-7-13(23)24-2)21-9-12-22-11(10-25-12)15(16,17)18;/h10H,3-9H2,1-2H3,(H2,19,20,21);1H. The number of alkyl halides is 3. The fourth-order valence-corrected chi connectivity index (χ4v) is 2.70. The molecule has 6 nitrogen and oxygen atoms in total. The van der Waals surface area contributed by atoms with Crippen LogP contribution in [0.2, 0.25) is 0 Å². The van der Waals surface area contributed by atoms with E-state index >= 15 is 0 Å². The van der Waals surface area contributed by atoms with Crippen molar-refractivity contribution in [3.8, 4) is 0 Å². The van der Waals surface area contributed by atoms with E-state index in [0.29, 0.717) is 23.9 Å². The van der Waals surface area contributed by atoms with E-state index in [9.17, 15) is 18.0 Å². The molecule has 11 heteroatoms. The van der Waals surface area contributed by atoms with Crippen LogP contribution in [0.5, 0.6) is 0 Å². The molecule has 0 bridgehead atoms. The molecular weight excluding hydrogens is 484 g/mol. The Kier molecular flexibility index (Phi) is 12.6. The van der Waals surface area contributed by atoms with Crippen LogP contribution in [0.25, 0.3) is 0 Å². The van der Waals surface area contributed by atoms with Gasteiger partial charge in [-0.25, -0.2) is 4.98 Å². The van der Waals surface area contributed by atoms with Gasteiger partial charge in [0.2, 0.25) is 0 Å². The molecule has 0 amide bonds. The van der Waals surface area contributed by atoms with Gasteiger partial charge in [0, 0.05) is 25.4 Å². The van der Waals surface area contributed by atoms with Crippen molar-refractivity contribution in [1.29, 1.82) is 0 Å². The van der Waals surface area contributed by atoms with Crippen LogP contribution in [-0.4, -0.2) is 37.6 Å². The van der Waals surface area contributed by atoms with E-state index in [0.717, 1.165) is 42.4 Å². The molecule has 0 unspecified atom stereocenters. The van der Waals surface area contributed by atoms with E-state index in [1.165, 1.54) is 7.11 Å². The summed E-state index contributed by atoms with van der Waals surface area (Å²) in [6.45, 7) is 0.864. The molecular formula is C15H24F3IN4O2S. The monoisotopic (exact) mass is 508 g/mol.